The van der Waals surface area contributed by atoms with E-state index < -0.39 is 0 Å². The van der Waals surface area contributed by atoms with E-state index in [9.17, 15) is 0 Å². The SMILES string of the molecule is CCC(CS)CN1CCCC(OC)C1. The van der Waals surface area contributed by atoms with Crippen molar-refractivity contribution in [2.75, 3.05) is 32.5 Å². The molecule has 0 spiro atoms. The van der Waals surface area contributed by atoms with Gasteiger partial charge in [-0.05, 0) is 31.1 Å². The molecule has 1 aliphatic rings. The lowest BCUT2D eigenvalue weighted by Crippen LogP contribution is -2.41. The summed E-state index contributed by atoms with van der Waals surface area (Å²) in [4.78, 5) is 2.53. The summed E-state index contributed by atoms with van der Waals surface area (Å²) in [6.45, 7) is 5.80. The lowest BCUT2D eigenvalue weighted by Gasteiger charge is -2.33. The topological polar surface area (TPSA) is 12.5 Å². The summed E-state index contributed by atoms with van der Waals surface area (Å²) in [7, 11) is 1.82. The molecule has 2 atom stereocenters. The van der Waals surface area contributed by atoms with Crippen LogP contribution < -0.4 is 0 Å². The van der Waals surface area contributed by atoms with E-state index in [-0.39, 0.29) is 0 Å². The second-order valence-electron chi connectivity index (χ2n) is 4.22. The Bertz CT molecular complexity index is 150. The summed E-state index contributed by atoms with van der Waals surface area (Å²) in [6, 6.07) is 0. The zero-order valence-electron chi connectivity index (χ0n) is 9.41. The zero-order valence-corrected chi connectivity index (χ0v) is 10.3. The summed E-state index contributed by atoms with van der Waals surface area (Å²) in [6.07, 6.45) is 4.20. The van der Waals surface area contributed by atoms with Gasteiger partial charge < -0.3 is 9.64 Å². The first kappa shape index (κ1) is 12.3. The highest BCUT2D eigenvalue weighted by molar-refractivity contribution is 7.80. The molecule has 0 bridgehead atoms. The largest absolute Gasteiger partial charge is 0.380 e. The minimum Gasteiger partial charge on any atom is -0.380 e. The van der Waals surface area contributed by atoms with Gasteiger partial charge in [-0.15, -0.1) is 0 Å². The Labute approximate surface area is 93.4 Å². The van der Waals surface area contributed by atoms with Crippen LogP contribution in [0.15, 0.2) is 0 Å². The number of ether oxygens (including phenoxy) is 1. The molecule has 0 radical (unpaired) electrons. The maximum atomic E-state index is 5.41. The van der Waals surface area contributed by atoms with Crippen molar-refractivity contribution in [3.8, 4) is 0 Å². The highest BCUT2D eigenvalue weighted by atomic mass is 32.1. The summed E-state index contributed by atoms with van der Waals surface area (Å²) in [5, 5.41) is 0. The third kappa shape index (κ3) is 3.79. The Kier molecular flexibility index (Phi) is 5.90. The van der Waals surface area contributed by atoms with Crippen molar-refractivity contribution < 1.29 is 4.74 Å². The third-order valence-corrected chi connectivity index (χ3v) is 3.66. The van der Waals surface area contributed by atoms with Crippen LogP contribution in [0.3, 0.4) is 0 Å². The van der Waals surface area contributed by atoms with Crippen molar-refractivity contribution in [2.45, 2.75) is 32.3 Å². The Morgan fingerprint density at radius 3 is 2.93 bits per heavy atom. The fraction of sp³-hybridized carbons (Fsp3) is 1.00. The van der Waals surface area contributed by atoms with Crippen molar-refractivity contribution in [2.24, 2.45) is 5.92 Å². The van der Waals surface area contributed by atoms with E-state index in [1.165, 1.54) is 32.4 Å². The Balaban J connectivity index is 2.29. The summed E-state index contributed by atoms with van der Waals surface area (Å²) in [5.41, 5.74) is 0. The standard InChI is InChI=1S/C11H23NOS/c1-3-10(9-14)7-12-6-4-5-11(8-12)13-2/h10-11,14H,3-9H2,1-2H3. The van der Waals surface area contributed by atoms with Crippen LogP contribution in [0.5, 0.6) is 0 Å². The van der Waals surface area contributed by atoms with Gasteiger partial charge >= 0.3 is 0 Å². The van der Waals surface area contributed by atoms with Crippen LogP contribution in [-0.2, 0) is 4.74 Å². The molecular weight excluding hydrogens is 194 g/mol. The molecule has 14 heavy (non-hydrogen) atoms. The second kappa shape index (κ2) is 6.70. The molecule has 0 aliphatic carbocycles. The molecule has 2 nitrogen and oxygen atoms in total. The molecule has 0 N–H and O–H groups in total. The number of nitrogens with zero attached hydrogens (tertiary/aromatic N) is 1. The Morgan fingerprint density at radius 1 is 1.57 bits per heavy atom. The lowest BCUT2D eigenvalue weighted by molar-refractivity contribution is 0.0268. The van der Waals surface area contributed by atoms with Gasteiger partial charge in [0.05, 0.1) is 6.10 Å². The Morgan fingerprint density at radius 2 is 2.36 bits per heavy atom. The lowest BCUT2D eigenvalue weighted by atomic mass is 10.0. The average Bonchev–Trinajstić information content (AvgIpc) is 2.26. The van der Waals surface area contributed by atoms with Crippen LogP contribution >= 0.6 is 12.6 Å². The molecule has 1 saturated heterocycles. The average molecular weight is 217 g/mol. The molecule has 1 rings (SSSR count). The highest BCUT2D eigenvalue weighted by Crippen LogP contribution is 2.15. The van der Waals surface area contributed by atoms with Crippen LogP contribution in [0.4, 0.5) is 0 Å². The van der Waals surface area contributed by atoms with Crippen LogP contribution in [0.1, 0.15) is 26.2 Å². The first-order valence-electron chi connectivity index (χ1n) is 5.66. The number of hydrogen-bond donors (Lipinski definition) is 1. The smallest absolute Gasteiger partial charge is 0.0698 e. The molecular formula is C11H23NOS. The van der Waals surface area contributed by atoms with E-state index in [0.717, 1.165) is 18.2 Å². The van der Waals surface area contributed by atoms with Crippen molar-refractivity contribution >= 4 is 12.6 Å². The van der Waals surface area contributed by atoms with Gasteiger partial charge in [-0.25, -0.2) is 0 Å². The van der Waals surface area contributed by atoms with E-state index in [1.54, 1.807) is 0 Å². The van der Waals surface area contributed by atoms with E-state index in [4.69, 9.17) is 4.74 Å². The molecule has 0 aromatic carbocycles. The molecule has 0 aromatic heterocycles. The number of methoxy groups -OCH3 is 1. The number of thiol groups is 1. The molecule has 1 heterocycles. The van der Waals surface area contributed by atoms with Gasteiger partial charge in [0.1, 0.15) is 0 Å². The van der Waals surface area contributed by atoms with E-state index in [1.807, 2.05) is 7.11 Å². The fourth-order valence-electron chi connectivity index (χ4n) is 2.05. The minimum absolute atomic E-state index is 0.459. The number of likely N-dealkylation sites (tertiary alicyclic amines) is 1. The molecule has 1 aliphatic heterocycles. The number of piperidine rings is 1. The monoisotopic (exact) mass is 217 g/mol. The summed E-state index contributed by atoms with van der Waals surface area (Å²) in [5.74, 6) is 1.75. The van der Waals surface area contributed by atoms with Crippen molar-refractivity contribution in [3.63, 3.8) is 0 Å². The minimum atomic E-state index is 0.459. The van der Waals surface area contributed by atoms with Gasteiger partial charge in [0.25, 0.3) is 0 Å². The molecule has 0 aromatic rings. The predicted molar refractivity (Wildman–Crippen MR) is 64.1 cm³/mol. The number of hydrogen-bond acceptors (Lipinski definition) is 3. The van der Waals surface area contributed by atoms with E-state index >= 15 is 0 Å². The van der Waals surface area contributed by atoms with Gasteiger partial charge in [0, 0.05) is 20.2 Å². The summed E-state index contributed by atoms with van der Waals surface area (Å²) >= 11 is 4.38. The predicted octanol–water partition coefficient (Wildman–Crippen LogP) is 2.05. The third-order valence-electron chi connectivity index (χ3n) is 3.15. The molecule has 3 heteroatoms. The van der Waals surface area contributed by atoms with Gasteiger partial charge in [0.15, 0.2) is 0 Å². The van der Waals surface area contributed by atoms with Gasteiger partial charge in [-0.2, -0.15) is 12.6 Å². The van der Waals surface area contributed by atoms with Crippen molar-refractivity contribution in [1.29, 1.82) is 0 Å². The second-order valence-corrected chi connectivity index (χ2v) is 4.58. The molecule has 1 fully saturated rings. The van der Waals surface area contributed by atoms with Gasteiger partial charge in [-0.1, -0.05) is 13.3 Å². The fourth-order valence-corrected chi connectivity index (χ4v) is 2.43. The highest BCUT2D eigenvalue weighted by Gasteiger charge is 2.20. The quantitative estimate of drug-likeness (QED) is 0.708. The maximum absolute atomic E-state index is 5.41. The molecule has 84 valence electrons. The van der Waals surface area contributed by atoms with Crippen LogP contribution in [-0.4, -0.2) is 43.5 Å². The van der Waals surface area contributed by atoms with Crippen LogP contribution in [0.25, 0.3) is 0 Å². The van der Waals surface area contributed by atoms with Gasteiger partial charge in [0.2, 0.25) is 0 Å². The molecule has 0 amide bonds. The Hall–Kier alpha value is 0.270. The van der Waals surface area contributed by atoms with Crippen molar-refractivity contribution in [1.82, 2.24) is 4.90 Å². The first-order chi connectivity index (χ1) is 6.80. The number of rotatable bonds is 5. The normalized spacial score (nSPS) is 26.4. The molecule has 2 unspecified atom stereocenters. The van der Waals surface area contributed by atoms with E-state index in [2.05, 4.69) is 24.5 Å². The first-order valence-corrected chi connectivity index (χ1v) is 6.29. The zero-order chi connectivity index (χ0) is 10.4. The maximum Gasteiger partial charge on any atom is 0.0698 e. The van der Waals surface area contributed by atoms with Crippen LogP contribution in [0.2, 0.25) is 0 Å². The molecule has 0 saturated carbocycles. The van der Waals surface area contributed by atoms with Gasteiger partial charge in [-0.3, -0.25) is 0 Å². The van der Waals surface area contributed by atoms with Crippen molar-refractivity contribution in [3.05, 3.63) is 0 Å². The van der Waals surface area contributed by atoms with E-state index in [0.29, 0.717) is 6.10 Å². The summed E-state index contributed by atoms with van der Waals surface area (Å²) < 4.78 is 5.41. The van der Waals surface area contributed by atoms with Crippen LogP contribution in [0, 0.1) is 5.92 Å².